The van der Waals surface area contributed by atoms with Gasteiger partial charge in [-0.25, -0.2) is 17.6 Å². The van der Waals surface area contributed by atoms with Crippen LogP contribution in [0.4, 0.5) is 29.2 Å². The number of anilines is 2. The van der Waals surface area contributed by atoms with Gasteiger partial charge in [0.2, 0.25) is 11.8 Å². The van der Waals surface area contributed by atoms with Crippen LogP contribution >= 0.6 is 0 Å². The third kappa shape index (κ3) is 9.90. The maximum atomic E-state index is 17.1. The number of likely N-dealkylation sites (tertiary alicyclic amines) is 2. The van der Waals surface area contributed by atoms with Gasteiger partial charge in [-0.3, -0.25) is 19.5 Å². The van der Waals surface area contributed by atoms with Gasteiger partial charge in [0, 0.05) is 80.0 Å². The monoisotopic (exact) mass is 1090 g/mol. The molecule has 4 aromatic carbocycles. The molecule has 0 saturated carbocycles. The molecule has 80 heavy (non-hydrogen) atoms. The number of rotatable bonds is 14. The summed E-state index contributed by atoms with van der Waals surface area (Å²) < 4.78 is 73.3. The number of carbonyl (C=O) groups excluding carboxylic acids is 2. The van der Waals surface area contributed by atoms with E-state index in [1.807, 2.05) is 26.8 Å². The van der Waals surface area contributed by atoms with Crippen molar-refractivity contribution in [3.63, 3.8) is 0 Å². The Hall–Kier alpha value is -7.82. The van der Waals surface area contributed by atoms with E-state index >= 15 is 8.78 Å². The molecule has 1 spiro atoms. The number of ether oxygens (including phenoxy) is 1. The van der Waals surface area contributed by atoms with Crippen molar-refractivity contribution in [3.8, 4) is 46.5 Å². The summed E-state index contributed by atoms with van der Waals surface area (Å²) in [5.41, 5.74) is 1.06. The molecule has 3 aromatic heterocycles. The van der Waals surface area contributed by atoms with E-state index < -0.39 is 41.3 Å². The molecule has 8 heterocycles. The van der Waals surface area contributed by atoms with Crippen LogP contribution in [0.3, 0.4) is 0 Å². The predicted octanol–water partition coefficient (Wildman–Crippen LogP) is 9.27. The summed E-state index contributed by atoms with van der Waals surface area (Å²) in [4.78, 5) is 50.6. The van der Waals surface area contributed by atoms with E-state index in [4.69, 9.17) is 20.7 Å². The summed E-state index contributed by atoms with van der Waals surface area (Å²) in [6, 6.07) is 17.3. The molecule has 5 fully saturated rings. The minimum Gasteiger partial charge on any atom is -0.508 e. The topological polar surface area (TPSA) is 165 Å². The summed E-state index contributed by atoms with van der Waals surface area (Å²) in [6.45, 7) is 11.7. The van der Waals surface area contributed by atoms with Crippen LogP contribution in [0.25, 0.3) is 44.1 Å². The summed E-state index contributed by atoms with van der Waals surface area (Å²) >= 11 is 0. The molecule has 7 aromatic rings. The largest absolute Gasteiger partial charge is 0.508 e. The molecule has 5 aliphatic rings. The molecule has 5 saturated heterocycles. The molecule has 0 aliphatic carbocycles. The van der Waals surface area contributed by atoms with Gasteiger partial charge in [0.1, 0.15) is 58.8 Å². The van der Waals surface area contributed by atoms with E-state index in [2.05, 4.69) is 46.4 Å². The summed E-state index contributed by atoms with van der Waals surface area (Å²) in [5.74, 6) is -0.0616. The molecule has 19 heteroatoms. The molecular formula is C61H62F4N10O5. The number of nitrogens with zero attached hydrogens (tertiary/aromatic N) is 8. The van der Waals surface area contributed by atoms with Gasteiger partial charge in [-0.2, -0.15) is 9.97 Å². The first-order chi connectivity index (χ1) is 38.6. The van der Waals surface area contributed by atoms with Crippen LogP contribution in [0.1, 0.15) is 88.1 Å². The van der Waals surface area contributed by atoms with E-state index in [1.165, 1.54) is 48.7 Å². The number of benzene rings is 4. The highest BCUT2D eigenvalue weighted by Crippen LogP contribution is 2.44. The van der Waals surface area contributed by atoms with E-state index in [9.17, 15) is 23.5 Å². The van der Waals surface area contributed by atoms with E-state index in [-0.39, 0.29) is 86.9 Å². The van der Waals surface area contributed by atoms with Crippen molar-refractivity contribution in [1.29, 1.82) is 0 Å². The zero-order valence-corrected chi connectivity index (χ0v) is 44.8. The number of nitrogens with one attached hydrogen (secondary N) is 2. The second-order valence-electron chi connectivity index (χ2n) is 22.7. The summed E-state index contributed by atoms with van der Waals surface area (Å²) in [7, 11) is 0. The van der Waals surface area contributed by atoms with Crippen LogP contribution < -0.4 is 25.2 Å². The van der Waals surface area contributed by atoms with Gasteiger partial charge in [0.05, 0.1) is 22.6 Å². The molecule has 5 unspecified atom stereocenters. The average Bonchev–Trinajstić information content (AvgIpc) is 4.30. The molecular weight excluding hydrogens is 1030 g/mol. The number of aromatic hydroxyl groups is 1. The third-order valence-corrected chi connectivity index (χ3v) is 17.2. The Morgan fingerprint density at radius 3 is 2.36 bits per heavy atom. The lowest BCUT2D eigenvalue weighted by Crippen LogP contribution is -2.60. The number of carbonyl (C=O) groups is 2. The van der Waals surface area contributed by atoms with Crippen molar-refractivity contribution < 1.29 is 41.5 Å². The smallest absolute Gasteiger partial charge is 0.319 e. The minimum atomic E-state index is -0.769. The van der Waals surface area contributed by atoms with Crippen LogP contribution in [-0.2, 0) is 9.59 Å². The van der Waals surface area contributed by atoms with Crippen molar-refractivity contribution in [1.82, 2.24) is 40.5 Å². The molecule has 15 nitrogen and oxygen atoms in total. The van der Waals surface area contributed by atoms with Crippen LogP contribution in [-0.4, -0.2) is 124 Å². The molecule has 414 valence electrons. The lowest BCUT2D eigenvalue weighted by molar-refractivity contribution is -0.141. The van der Waals surface area contributed by atoms with Crippen molar-refractivity contribution in [2.45, 2.75) is 89.4 Å². The molecule has 3 N–H and O–H groups in total. The van der Waals surface area contributed by atoms with Crippen molar-refractivity contribution in [2.75, 3.05) is 68.8 Å². The van der Waals surface area contributed by atoms with Crippen molar-refractivity contribution >= 4 is 45.1 Å². The molecule has 12 rings (SSSR count). The van der Waals surface area contributed by atoms with Crippen molar-refractivity contribution in [2.24, 2.45) is 11.3 Å². The number of phenols is 1. The van der Waals surface area contributed by atoms with Gasteiger partial charge in [0.25, 0.3) is 0 Å². The number of halogens is 4. The van der Waals surface area contributed by atoms with E-state index in [0.717, 1.165) is 57.4 Å². The number of aromatic nitrogens is 4. The predicted molar refractivity (Wildman–Crippen MR) is 295 cm³/mol. The maximum absolute atomic E-state index is 17.1. The summed E-state index contributed by atoms with van der Waals surface area (Å²) in [5, 5.41) is 22.9. The zero-order valence-electron chi connectivity index (χ0n) is 44.8. The van der Waals surface area contributed by atoms with Crippen molar-refractivity contribution in [3.05, 3.63) is 119 Å². The fourth-order valence-corrected chi connectivity index (χ4v) is 12.9. The van der Waals surface area contributed by atoms with Gasteiger partial charge >= 0.3 is 6.01 Å². The highest BCUT2D eigenvalue weighted by molar-refractivity contribution is 6.03. The number of hydrogen-bond acceptors (Lipinski definition) is 13. The first-order valence-electron chi connectivity index (χ1n) is 27.7. The number of hydrogen-bond donors (Lipinski definition) is 3. The number of amides is 2. The number of piperazine rings is 1. The Morgan fingerprint density at radius 2 is 1.65 bits per heavy atom. The highest BCUT2D eigenvalue weighted by atomic mass is 19.1. The standard InChI is InChI=1S/C61H62F4N10O5/c1-5-42-45(62)18-15-38-26-41(76)27-43(52(38)42)55-54(65)56-44(29-66-55)57(73-30-39-16-17-40(31-73)68-39)70-60(69-56)79-25-24-72-22-19-61(20-23-72)32-74(33-61)50-28-49(80-71-50)51(34(2)3)59(78)75-21-7-10-48(75)58(77)67-35(4)36-11-13-37(14-12-36)53-46(63)8-6-9-47(53)64/h1,6,8-9,11-15,18,26-29,34-35,39-40,48,51,68,76H,7,10,16-17,19-25,30-33H2,2-4H3,(H,67,77). The Balaban J connectivity index is 0.671. The highest BCUT2D eigenvalue weighted by Gasteiger charge is 2.47. The number of pyridine rings is 1. The third-order valence-electron chi connectivity index (χ3n) is 17.2. The van der Waals surface area contributed by atoms with Gasteiger partial charge < -0.3 is 39.7 Å². The summed E-state index contributed by atoms with van der Waals surface area (Å²) in [6.07, 6.45) is 12.4. The van der Waals surface area contributed by atoms with Crippen LogP contribution in [0, 0.1) is 46.9 Å². The van der Waals surface area contributed by atoms with Gasteiger partial charge in [-0.05, 0) is 111 Å². The van der Waals surface area contributed by atoms with Crippen LogP contribution in [0.2, 0.25) is 0 Å². The number of phenolic OH excluding ortho intramolecular Hbond substituents is 1. The normalized spacial score (nSPS) is 20.6. The fraction of sp³-hybridized carbons (Fsp3) is 0.410. The molecule has 2 bridgehead atoms. The Morgan fingerprint density at radius 1 is 0.912 bits per heavy atom. The first-order valence-corrected chi connectivity index (χ1v) is 27.7. The quantitative estimate of drug-likeness (QED) is 0.0698. The molecule has 0 radical (unpaired) electrons. The Kier molecular flexibility index (Phi) is 14.1. The number of terminal acetylenes is 1. The molecule has 2 amide bonds. The number of fused-ring (bicyclic) bond motifs is 4. The fourth-order valence-electron chi connectivity index (χ4n) is 12.9. The van der Waals surface area contributed by atoms with E-state index in [1.54, 1.807) is 29.2 Å². The second kappa shape index (κ2) is 21.3. The zero-order chi connectivity index (χ0) is 55.6. The van der Waals surface area contributed by atoms with Crippen LogP contribution in [0.15, 0.2) is 83.5 Å². The Bertz CT molecular complexity index is 3540. The lowest BCUT2D eigenvalue weighted by Gasteiger charge is -2.54. The molecule has 5 atom stereocenters. The second-order valence-corrected chi connectivity index (χ2v) is 22.7. The Labute approximate surface area is 460 Å². The molecule has 5 aliphatic heterocycles. The van der Waals surface area contributed by atoms with Gasteiger partial charge in [0.15, 0.2) is 17.4 Å². The van der Waals surface area contributed by atoms with Crippen LogP contribution in [0.5, 0.6) is 11.8 Å². The van der Waals surface area contributed by atoms with Gasteiger partial charge in [-0.1, -0.05) is 61.3 Å². The lowest BCUT2D eigenvalue weighted by atomic mass is 9.72. The maximum Gasteiger partial charge on any atom is 0.319 e. The van der Waals surface area contributed by atoms with Gasteiger partial charge in [-0.15, -0.1) is 6.42 Å². The average molecular weight is 1090 g/mol. The minimum absolute atomic E-state index is 0.00632. The first kappa shape index (κ1) is 52.9. The van der Waals surface area contributed by atoms with E-state index in [0.29, 0.717) is 72.8 Å². The number of piperidine rings is 1. The SMILES string of the molecule is C#Cc1c(F)ccc2cc(O)cc(-c3ncc4c(N5CC6CCC(C5)N6)nc(OCCN5CCC6(CC5)CN(c5cc(C(C(=O)N7CCCC7C(=O)NC(C)c7ccc(-c8c(F)cccc8F)cc7)C(C)C)on5)C6)nc4c3F)c12.